The van der Waals surface area contributed by atoms with E-state index in [0.717, 1.165) is 31.9 Å². The molecule has 8 heteroatoms. The summed E-state index contributed by atoms with van der Waals surface area (Å²) >= 11 is 0. The number of benzene rings is 1. The van der Waals surface area contributed by atoms with Crippen molar-refractivity contribution in [2.24, 2.45) is 11.3 Å². The van der Waals surface area contributed by atoms with Crippen LogP contribution in [0.1, 0.15) is 77.4 Å². The Bertz CT molecular complexity index is 897. The van der Waals surface area contributed by atoms with Gasteiger partial charge < -0.3 is 10.2 Å². The summed E-state index contributed by atoms with van der Waals surface area (Å²) in [6, 6.07) is 5.76. The van der Waals surface area contributed by atoms with Crippen LogP contribution in [0.5, 0.6) is 0 Å². The lowest BCUT2D eigenvalue weighted by molar-refractivity contribution is -0.141. The molecule has 1 aromatic rings. The molecule has 1 amide bonds. The zero-order valence-electron chi connectivity index (χ0n) is 20.4. The maximum atomic E-state index is 13.5. The summed E-state index contributed by atoms with van der Waals surface area (Å²) in [6.45, 7) is 7.82. The minimum Gasteiger partial charge on any atom is -0.351 e. The van der Waals surface area contributed by atoms with Gasteiger partial charge in [0.1, 0.15) is 11.9 Å². The topological polar surface area (TPSA) is 75.7 Å². The van der Waals surface area contributed by atoms with E-state index in [2.05, 4.69) is 10.2 Å². The van der Waals surface area contributed by atoms with Crippen molar-refractivity contribution in [1.29, 1.82) is 0 Å². The van der Waals surface area contributed by atoms with Crippen LogP contribution in [-0.2, 0) is 19.1 Å². The van der Waals surface area contributed by atoms with Gasteiger partial charge >= 0.3 is 0 Å². The van der Waals surface area contributed by atoms with Crippen LogP contribution in [0.25, 0.3) is 0 Å². The Morgan fingerprint density at radius 1 is 1.15 bits per heavy atom. The first kappa shape index (κ1) is 26.1. The van der Waals surface area contributed by atoms with Gasteiger partial charge in [0, 0.05) is 12.1 Å². The van der Waals surface area contributed by atoms with Crippen molar-refractivity contribution in [2.75, 3.05) is 25.9 Å². The molecule has 33 heavy (non-hydrogen) atoms. The van der Waals surface area contributed by atoms with E-state index in [0.29, 0.717) is 31.1 Å². The fourth-order valence-corrected chi connectivity index (χ4v) is 5.98. The lowest BCUT2D eigenvalue weighted by Crippen LogP contribution is -2.56. The summed E-state index contributed by atoms with van der Waals surface area (Å²) < 4.78 is 42.5. The number of hydrogen-bond donors (Lipinski definition) is 1. The zero-order valence-corrected chi connectivity index (χ0v) is 21.2. The van der Waals surface area contributed by atoms with E-state index in [1.807, 2.05) is 20.8 Å². The quantitative estimate of drug-likeness (QED) is 0.582. The molecule has 2 fully saturated rings. The lowest BCUT2D eigenvalue weighted by Gasteiger charge is -2.48. The number of nitrogens with one attached hydrogen (secondary N) is 1. The minimum absolute atomic E-state index is 0.157. The van der Waals surface area contributed by atoms with Crippen LogP contribution in [0.2, 0.25) is 0 Å². The van der Waals surface area contributed by atoms with Gasteiger partial charge in [-0.05, 0) is 83.2 Å². The number of nitrogens with zero attached hydrogens (tertiary/aromatic N) is 1. The van der Waals surface area contributed by atoms with E-state index >= 15 is 0 Å². The molecule has 186 valence electrons. The van der Waals surface area contributed by atoms with Gasteiger partial charge in [0.25, 0.3) is 10.1 Å². The maximum absolute atomic E-state index is 13.5. The number of likely N-dealkylation sites (tertiary alicyclic amines) is 1. The van der Waals surface area contributed by atoms with Crippen molar-refractivity contribution < 1.29 is 21.8 Å². The van der Waals surface area contributed by atoms with Crippen molar-refractivity contribution in [3.8, 4) is 0 Å². The Morgan fingerprint density at radius 2 is 1.73 bits per heavy atom. The van der Waals surface area contributed by atoms with Gasteiger partial charge in [-0.15, -0.1) is 0 Å². The fraction of sp³-hybridized carbons (Fsp3) is 0.720. The number of piperidine rings is 1. The Morgan fingerprint density at radius 3 is 2.24 bits per heavy atom. The summed E-state index contributed by atoms with van der Waals surface area (Å²) in [7, 11) is -3.69. The molecule has 1 N–H and O–H groups in total. The second-order valence-corrected chi connectivity index (χ2v) is 12.4. The summed E-state index contributed by atoms with van der Waals surface area (Å²) in [5.74, 6) is 0.164. The maximum Gasteiger partial charge on any atom is 0.265 e. The Hall–Kier alpha value is -1.51. The zero-order chi connectivity index (χ0) is 24.3. The molecule has 1 atom stereocenters. The van der Waals surface area contributed by atoms with Crippen LogP contribution < -0.4 is 5.32 Å². The molecule has 1 aliphatic heterocycles. The molecule has 0 aromatic heterocycles. The summed E-state index contributed by atoms with van der Waals surface area (Å²) in [6.07, 6.45) is 7.57. The van der Waals surface area contributed by atoms with Gasteiger partial charge in [0.2, 0.25) is 5.91 Å². The first-order valence-electron chi connectivity index (χ1n) is 12.1. The van der Waals surface area contributed by atoms with E-state index in [1.165, 1.54) is 31.4 Å². The SMILES string of the molecule is CC(C)(C)NC(=O)C1(C2CCCCC2)CCN(CC(OS(C)(=O)=O)c2ccc(F)cc2)CC1. The molecule has 2 aliphatic rings. The average molecular weight is 483 g/mol. The fourth-order valence-electron chi connectivity index (χ4n) is 5.39. The Balaban J connectivity index is 1.75. The van der Waals surface area contributed by atoms with Gasteiger partial charge in [-0.1, -0.05) is 31.4 Å². The molecule has 1 aliphatic carbocycles. The second-order valence-electron chi connectivity index (χ2n) is 10.8. The van der Waals surface area contributed by atoms with E-state index in [4.69, 9.17) is 4.18 Å². The summed E-state index contributed by atoms with van der Waals surface area (Å²) in [5, 5.41) is 3.25. The Labute approximate surface area is 198 Å². The van der Waals surface area contributed by atoms with Crippen molar-refractivity contribution in [3.05, 3.63) is 35.6 Å². The second kappa shape index (κ2) is 10.4. The highest BCUT2D eigenvalue weighted by Crippen LogP contribution is 2.46. The number of hydrogen-bond acceptors (Lipinski definition) is 5. The van der Waals surface area contributed by atoms with Gasteiger partial charge in [-0.25, -0.2) is 4.39 Å². The van der Waals surface area contributed by atoms with Gasteiger partial charge in [0.05, 0.1) is 11.7 Å². The normalized spacial score (nSPS) is 21.5. The first-order valence-corrected chi connectivity index (χ1v) is 13.9. The monoisotopic (exact) mass is 482 g/mol. The molecule has 0 spiro atoms. The van der Waals surface area contributed by atoms with Crippen LogP contribution in [-0.4, -0.2) is 50.7 Å². The average Bonchev–Trinajstić information content (AvgIpc) is 2.73. The third-order valence-corrected chi connectivity index (χ3v) is 7.61. The minimum atomic E-state index is -3.69. The third-order valence-electron chi connectivity index (χ3n) is 7.03. The van der Waals surface area contributed by atoms with Crippen molar-refractivity contribution in [2.45, 2.75) is 77.4 Å². The molecule has 3 rings (SSSR count). The molecular formula is C25H39FN2O4S. The highest BCUT2D eigenvalue weighted by molar-refractivity contribution is 7.86. The largest absolute Gasteiger partial charge is 0.351 e. The Kier molecular flexibility index (Phi) is 8.23. The van der Waals surface area contributed by atoms with Crippen molar-refractivity contribution >= 4 is 16.0 Å². The van der Waals surface area contributed by atoms with Crippen LogP contribution >= 0.6 is 0 Å². The molecule has 0 bridgehead atoms. The van der Waals surface area contributed by atoms with Crippen LogP contribution in [0.15, 0.2) is 24.3 Å². The van der Waals surface area contributed by atoms with E-state index in [9.17, 15) is 17.6 Å². The van der Waals surface area contributed by atoms with E-state index in [1.54, 1.807) is 12.1 Å². The number of amides is 1. The van der Waals surface area contributed by atoms with Crippen molar-refractivity contribution in [1.82, 2.24) is 10.2 Å². The smallest absolute Gasteiger partial charge is 0.265 e. The number of halogens is 1. The molecule has 1 aromatic carbocycles. The van der Waals surface area contributed by atoms with Gasteiger partial charge in [0.15, 0.2) is 0 Å². The molecule has 6 nitrogen and oxygen atoms in total. The lowest BCUT2D eigenvalue weighted by atomic mass is 9.63. The van der Waals surface area contributed by atoms with Crippen LogP contribution in [0.4, 0.5) is 4.39 Å². The molecule has 1 saturated heterocycles. The van der Waals surface area contributed by atoms with Gasteiger partial charge in [-0.2, -0.15) is 8.42 Å². The predicted molar refractivity (Wildman–Crippen MR) is 128 cm³/mol. The number of rotatable bonds is 7. The predicted octanol–water partition coefficient (Wildman–Crippen LogP) is 4.42. The van der Waals surface area contributed by atoms with Crippen LogP contribution in [0.3, 0.4) is 0 Å². The third kappa shape index (κ3) is 7.23. The summed E-state index contributed by atoms with van der Waals surface area (Å²) in [4.78, 5) is 15.7. The van der Waals surface area contributed by atoms with Crippen LogP contribution in [0, 0.1) is 17.2 Å². The molecule has 0 radical (unpaired) electrons. The first-order chi connectivity index (χ1) is 15.4. The van der Waals surface area contributed by atoms with Crippen molar-refractivity contribution in [3.63, 3.8) is 0 Å². The number of carbonyl (C=O) groups excluding carboxylic acids is 1. The van der Waals surface area contributed by atoms with E-state index in [-0.39, 0.29) is 22.7 Å². The standard InChI is InChI=1S/C25H39FN2O4S/c1-24(2,3)27-23(29)25(20-8-6-5-7-9-20)14-16-28(17-15-25)18-22(32-33(4,30)31)19-10-12-21(26)13-11-19/h10-13,20,22H,5-9,14-18H2,1-4H3,(H,27,29). The highest BCUT2D eigenvalue weighted by Gasteiger charge is 2.48. The molecule has 1 heterocycles. The van der Waals surface area contributed by atoms with Gasteiger partial charge in [-0.3, -0.25) is 8.98 Å². The molecule has 1 saturated carbocycles. The molecular weight excluding hydrogens is 443 g/mol. The van der Waals surface area contributed by atoms with E-state index < -0.39 is 16.2 Å². The molecule has 1 unspecified atom stereocenters. The number of carbonyl (C=O) groups is 1. The summed E-state index contributed by atoms with van der Waals surface area (Å²) in [5.41, 5.74) is -0.0448. The highest BCUT2D eigenvalue weighted by atomic mass is 32.2.